The lowest BCUT2D eigenvalue weighted by molar-refractivity contribution is -0.124. The van der Waals surface area contributed by atoms with Crippen LogP contribution in [0.25, 0.3) is 6.08 Å². The van der Waals surface area contributed by atoms with Gasteiger partial charge in [0.05, 0.1) is 17.6 Å². The Kier molecular flexibility index (Phi) is 9.66. The number of nitrogens with zero attached hydrogens (tertiary/aromatic N) is 2. The Morgan fingerprint density at radius 2 is 1.72 bits per heavy atom. The molecule has 2 saturated carbocycles. The summed E-state index contributed by atoms with van der Waals surface area (Å²) in [6.07, 6.45) is 13.5. The first-order valence-electron chi connectivity index (χ1n) is 14.2. The number of hydrogen-bond acceptors (Lipinski definition) is 5. The second-order valence-corrected chi connectivity index (χ2v) is 12.3. The standard InChI is InChI=1S/C31H36BrFN2O3S/c1-2-37-27-17-22(25(32)19-28(27)38-20-21-11-9-10-16-26(21)33)18-29-30(36)35(24-14-7-4-8-15-24)31(39-29)34-23-12-5-3-6-13-23/h9-11,16-19,23-24H,2-8,12-15,20H2,1H3. The van der Waals surface area contributed by atoms with Gasteiger partial charge in [0.15, 0.2) is 16.7 Å². The first-order valence-corrected chi connectivity index (χ1v) is 15.8. The molecule has 5 rings (SSSR count). The zero-order chi connectivity index (χ0) is 27.2. The third-order valence-electron chi connectivity index (χ3n) is 7.63. The normalized spacial score (nSPS) is 21.2. The number of carbonyl (C=O) groups is 1. The van der Waals surface area contributed by atoms with Gasteiger partial charge >= 0.3 is 0 Å². The summed E-state index contributed by atoms with van der Waals surface area (Å²) in [7, 11) is 0. The van der Waals surface area contributed by atoms with Gasteiger partial charge in [0.25, 0.3) is 5.91 Å². The summed E-state index contributed by atoms with van der Waals surface area (Å²) in [6, 6.07) is 10.8. The number of amidine groups is 1. The number of halogens is 2. The number of aliphatic imine (C=N–C) groups is 1. The molecule has 0 unspecified atom stereocenters. The smallest absolute Gasteiger partial charge is 0.267 e. The molecule has 3 fully saturated rings. The minimum Gasteiger partial charge on any atom is -0.490 e. The molecular weight excluding hydrogens is 579 g/mol. The average molecular weight is 616 g/mol. The van der Waals surface area contributed by atoms with Crippen molar-refractivity contribution in [1.29, 1.82) is 0 Å². The van der Waals surface area contributed by atoms with Gasteiger partial charge in [-0.15, -0.1) is 0 Å². The molecule has 0 spiro atoms. The Balaban J connectivity index is 1.42. The molecule has 0 radical (unpaired) electrons. The monoisotopic (exact) mass is 614 g/mol. The predicted molar refractivity (Wildman–Crippen MR) is 160 cm³/mol. The summed E-state index contributed by atoms with van der Waals surface area (Å²) in [5.41, 5.74) is 1.30. The highest BCUT2D eigenvalue weighted by Crippen LogP contribution is 2.41. The minimum absolute atomic E-state index is 0.0474. The van der Waals surface area contributed by atoms with Crippen molar-refractivity contribution in [3.63, 3.8) is 0 Å². The third-order valence-corrected chi connectivity index (χ3v) is 9.32. The molecule has 2 aliphatic carbocycles. The third kappa shape index (κ3) is 6.88. The van der Waals surface area contributed by atoms with E-state index in [1.165, 1.54) is 43.5 Å². The zero-order valence-electron chi connectivity index (χ0n) is 22.5. The van der Waals surface area contributed by atoms with E-state index in [1.54, 1.807) is 18.2 Å². The molecule has 2 aromatic rings. The average Bonchev–Trinajstić information content (AvgIpc) is 3.25. The van der Waals surface area contributed by atoms with Crippen LogP contribution in [0.4, 0.5) is 4.39 Å². The first-order chi connectivity index (χ1) is 19.0. The van der Waals surface area contributed by atoms with Crippen LogP contribution < -0.4 is 9.47 Å². The Bertz CT molecular complexity index is 1240. The molecule has 2 aromatic carbocycles. The molecule has 208 valence electrons. The molecule has 5 nitrogen and oxygen atoms in total. The van der Waals surface area contributed by atoms with Crippen molar-refractivity contribution in [2.75, 3.05) is 6.61 Å². The lowest BCUT2D eigenvalue weighted by Crippen LogP contribution is -2.41. The molecular formula is C31H36BrFN2O3S. The highest BCUT2D eigenvalue weighted by molar-refractivity contribution is 9.10. The lowest BCUT2D eigenvalue weighted by atomic mass is 9.94. The maximum absolute atomic E-state index is 14.1. The number of ether oxygens (including phenoxy) is 2. The van der Waals surface area contributed by atoms with Gasteiger partial charge in [-0.3, -0.25) is 14.7 Å². The summed E-state index contributed by atoms with van der Waals surface area (Å²) in [4.78, 5) is 21.6. The molecule has 8 heteroatoms. The van der Waals surface area contributed by atoms with E-state index in [0.29, 0.717) is 34.6 Å². The SMILES string of the molecule is CCOc1cc(C=C2SC(=NC3CCCCC3)N(C3CCCCC3)C2=O)c(Br)cc1OCc1ccccc1F. The molecule has 1 heterocycles. The summed E-state index contributed by atoms with van der Waals surface area (Å²) in [5, 5.41) is 0.871. The quantitative estimate of drug-likeness (QED) is 0.280. The number of amides is 1. The highest BCUT2D eigenvalue weighted by atomic mass is 79.9. The Hall–Kier alpha value is -2.32. The van der Waals surface area contributed by atoms with Gasteiger partial charge in [0.2, 0.25) is 0 Å². The second-order valence-electron chi connectivity index (χ2n) is 10.4. The summed E-state index contributed by atoms with van der Waals surface area (Å²) >= 11 is 5.17. The molecule has 0 bridgehead atoms. The number of carbonyl (C=O) groups excluding carboxylic acids is 1. The Morgan fingerprint density at radius 3 is 2.44 bits per heavy atom. The van der Waals surface area contributed by atoms with Crippen LogP contribution in [0.3, 0.4) is 0 Å². The van der Waals surface area contributed by atoms with E-state index in [2.05, 4.69) is 15.9 Å². The van der Waals surface area contributed by atoms with E-state index >= 15 is 0 Å². The van der Waals surface area contributed by atoms with Crippen molar-refractivity contribution in [3.05, 3.63) is 62.7 Å². The molecule has 0 atom stereocenters. The van der Waals surface area contributed by atoms with Crippen molar-refractivity contribution in [2.45, 2.75) is 89.8 Å². The first kappa shape index (κ1) is 28.2. The summed E-state index contributed by atoms with van der Waals surface area (Å²) < 4.78 is 26.7. The maximum Gasteiger partial charge on any atom is 0.267 e. The van der Waals surface area contributed by atoms with Crippen molar-refractivity contribution in [3.8, 4) is 11.5 Å². The summed E-state index contributed by atoms with van der Waals surface area (Å²) in [5.74, 6) is 0.814. The van der Waals surface area contributed by atoms with Crippen LogP contribution in [-0.2, 0) is 11.4 Å². The van der Waals surface area contributed by atoms with Crippen LogP contribution in [0.5, 0.6) is 11.5 Å². The fourth-order valence-corrected chi connectivity index (χ4v) is 7.10. The second kappa shape index (κ2) is 13.4. The van der Waals surface area contributed by atoms with Crippen LogP contribution in [0.1, 0.15) is 82.3 Å². The van der Waals surface area contributed by atoms with Gasteiger partial charge in [-0.25, -0.2) is 4.39 Å². The molecule has 1 aliphatic heterocycles. The minimum atomic E-state index is -0.305. The van der Waals surface area contributed by atoms with Gasteiger partial charge in [0.1, 0.15) is 12.4 Å². The topological polar surface area (TPSA) is 51.1 Å². The van der Waals surface area contributed by atoms with Crippen LogP contribution in [0.2, 0.25) is 0 Å². The largest absolute Gasteiger partial charge is 0.490 e. The van der Waals surface area contributed by atoms with Crippen molar-refractivity contribution < 1.29 is 18.7 Å². The molecule has 3 aliphatic rings. The Labute approximate surface area is 243 Å². The van der Waals surface area contributed by atoms with Crippen LogP contribution in [0.15, 0.2) is 50.8 Å². The van der Waals surface area contributed by atoms with E-state index in [1.807, 2.05) is 30.0 Å². The van der Waals surface area contributed by atoms with E-state index in [4.69, 9.17) is 14.5 Å². The van der Waals surface area contributed by atoms with Crippen molar-refractivity contribution >= 4 is 44.8 Å². The zero-order valence-corrected chi connectivity index (χ0v) is 24.9. The number of thioether (sulfide) groups is 1. The molecule has 0 N–H and O–H groups in total. The summed E-state index contributed by atoms with van der Waals surface area (Å²) in [6.45, 7) is 2.45. The lowest BCUT2D eigenvalue weighted by Gasteiger charge is -2.31. The van der Waals surface area contributed by atoms with Gasteiger partial charge < -0.3 is 9.47 Å². The highest BCUT2D eigenvalue weighted by Gasteiger charge is 2.39. The van der Waals surface area contributed by atoms with Crippen LogP contribution in [0, 0.1) is 5.82 Å². The molecule has 0 aromatic heterocycles. The number of hydrogen-bond donors (Lipinski definition) is 0. The van der Waals surface area contributed by atoms with E-state index in [-0.39, 0.29) is 24.4 Å². The predicted octanol–water partition coefficient (Wildman–Crippen LogP) is 8.50. The van der Waals surface area contributed by atoms with Crippen LogP contribution >= 0.6 is 27.7 Å². The van der Waals surface area contributed by atoms with Crippen LogP contribution in [-0.4, -0.2) is 34.7 Å². The molecule has 1 saturated heterocycles. The molecule has 1 amide bonds. The fraction of sp³-hybridized carbons (Fsp3) is 0.484. The van der Waals surface area contributed by atoms with E-state index in [0.717, 1.165) is 53.7 Å². The van der Waals surface area contributed by atoms with Gasteiger partial charge in [-0.05, 0) is 74.2 Å². The Morgan fingerprint density at radius 1 is 1.03 bits per heavy atom. The van der Waals surface area contributed by atoms with Crippen molar-refractivity contribution in [2.24, 2.45) is 4.99 Å². The van der Waals surface area contributed by atoms with Crippen molar-refractivity contribution in [1.82, 2.24) is 4.90 Å². The number of rotatable bonds is 8. The van der Waals surface area contributed by atoms with Gasteiger partial charge in [-0.2, -0.15) is 0 Å². The number of benzene rings is 2. The molecule has 39 heavy (non-hydrogen) atoms. The van der Waals surface area contributed by atoms with E-state index in [9.17, 15) is 9.18 Å². The van der Waals surface area contributed by atoms with Gasteiger partial charge in [-0.1, -0.05) is 72.7 Å². The van der Waals surface area contributed by atoms with E-state index < -0.39 is 0 Å². The maximum atomic E-state index is 14.1. The fourth-order valence-electron chi connectivity index (χ4n) is 5.56. The van der Waals surface area contributed by atoms with Gasteiger partial charge in [0, 0.05) is 16.1 Å².